The van der Waals surface area contributed by atoms with Crippen LogP contribution in [0.1, 0.15) is 22.7 Å². The minimum atomic E-state index is 0.438. The second-order valence-corrected chi connectivity index (χ2v) is 4.70. The average Bonchev–Trinajstić information content (AvgIpc) is 2.75. The van der Waals surface area contributed by atoms with Gasteiger partial charge >= 0.3 is 0 Å². The molecule has 0 aliphatic rings. The second kappa shape index (κ2) is 5.78. The fraction of sp³-hybridized carbons (Fsp3) is 0.429. The Bertz CT molecular complexity index is 504. The maximum atomic E-state index is 4.18. The summed E-state index contributed by atoms with van der Waals surface area (Å²) in [6.07, 6.45) is 2.90. The van der Waals surface area contributed by atoms with Crippen molar-refractivity contribution in [3.63, 3.8) is 0 Å². The summed E-state index contributed by atoms with van der Waals surface area (Å²) in [6.45, 7) is 3.11. The van der Waals surface area contributed by atoms with Crippen LogP contribution in [0.2, 0.25) is 0 Å². The molecule has 96 valence electrons. The van der Waals surface area contributed by atoms with E-state index in [1.807, 2.05) is 20.3 Å². The van der Waals surface area contributed by atoms with Crippen LogP contribution in [0.3, 0.4) is 0 Å². The topological polar surface area (TPSA) is 42.7 Å². The van der Waals surface area contributed by atoms with Gasteiger partial charge in [-0.1, -0.05) is 29.5 Å². The quantitative estimate of drug-likeness (QED) is 0.870. The first-order chi connectivity index (χ1) is 8.70. The highest BCUT2D eigenvalue weighted by Crippen LogP contribution is 2.22. The van der Waals surface area contributed by atoms with Gasteiger partial charge in [-0.05, 0) is 25.1 Å². The van der Waals surface area contributed by atoms with Gasteiger partial charge in [-0.15, -0.1) is 5.10 Å². The number of aromatic nitrogens is 3. The van der Waals surface area contributed by atoms with Gasteiger partial charge in [-0.25, -0.2) is 0 Å². The molecule has 0 spiro atoms. The molecule has 0 radical (unpaired) electrons. The van der Waals surface area contributed by atoms with Crippen LogP contribution in [0.4, 0.5) is 0 Å². The normalized spacial score (nSPS) is 12.6. The Hall–Kier alpha value is -1.68. The fourth-order valence-corrected chi connectivity index (χ4v) is 2.32. The molecule has 2 aromatic rings. The lowest BCUT2D eigenvalue weighted by molar-refractivity contribution is 0.614. The fourth-order valence-electron chi connectivity index (χ4n) is 2.32. The Balaban J connectivity index is 2.20. The molecule has 1 atom stereocenters. The van der Waals surface area contributed by atoms with Gasteiger partial charge in [0, 0.05) is 32.1 Å². The van der Waals surface area contributed by atoms with E-state index in [1.165, 1.54) is 11.1 Å². The van der Waals surface area contributed by atoms with E-state index in [0.717, 1.165) is 18.7 Å². The van der Waals surface area contributed by atoms with Crippen molar-refractivity contribution in [1.29, 1.82) is 0 Å². The third-order valence-corrected chi connectivity index (χ3v) is 3.18. The van der Waals surface area contributed by atoms with Gasteiger partial charge in [0.25, 0.3) is 0 Å². The number of rotatable bonds is 5. The Labute approximate surface area is 108 Å². The smallest absolute Gasteiger partial charge is 0.0833 e. The predicted octanol–water partition coefficient (Wildman–Crippen LogP) is 1.67. The Kier molecular flexibility index (Phi) is 4.10. The highest BCUT2D eigenvalue weighted by atomic mass is 15.4. The van der Waals surface area contributed by atoms with Crippen molar-refractivity contribution in [2.24, 2.45) is 7.05 Å². The van der Waals surface area contributed by atoms with E-state index >= 15 is 0 Å². The molecule has 0 saturated carbocycles. The van der Waals surface area contributed by atoms with Gasteiger partial charge in [0.1, 0.15) is 0 Å². The molecule has 0 amide bonds. The van der Waals surface area contributed by atoms with Crippen LogP contribution in [-0.2, 0) is 13.5 Å². The van der Waals surface area contributed by atoms with Crippen molar-refractivity contribution in [1.82, 2.24) is 20.3 Å². The van der Waals surface area contributed by atoms with E-state index in [-0.39, 0.29) is 0 Å². The molecule has 2 rings (SSSR count). The van der Waals surface area contributed by atoms with Crippen molar-refractivity contribution < 1.29 is 0 Å². The molecule has 0 aliphatic carbocycles. The molecule has 0 bridgehead atoms. The number of aryl methyl sites for hydroxylation is 2. The molecule has 0 fully saturated rings. The lowest BCUT2D eigenvalue weighted by atomic mass is 9.91. The minimum absolute atomic E-state index is 0.438. The number of nitrogens with one attached hydrogen (secondary N) is 1. The SMILES string of the molecule is CNCC(Cc1cn(C)nn1)c1ccccc1C. The summed E-state index contributed by atoms with van der Waals surface area (Å²) in [7, 11) is 3.89. The van der Waals surface area contributed by atoms with Crippen LogP contribution in [0.5, 0.6) is 0 Å². The molecule has 4 heteroatoms. The van der Waals surface area contributed by atoms with E-state index in [1.54, 1.807) is 4.68 Å². The molecular formula is C14H20N4. The summed E-state index contributed by atoms with van der Waals surface area (Å²) < 4.78 is 1.75. The van der Waals surface area contributed by atoms with E-state index in [0.29, 0.717) is 5.92 Å². The van der Waals surface area contributed by atoms with Gasteiger partial charge in [0.05, 0.1) is 5.69 Å². The zero-order valence-electron chi connectivity index (χ0n) is 11.2. The van der Waals surface area contributed by atoms with Crippen LogP contribution in [0.25, 0.3) is 0 Å². The first kappa shape index (κ1) is 12.8. The third kappa shape index (κ3) is 2.96. The Morgan fingerprint density at radius 1 is 1.33 bits per heavy atom. The van der Waals surface area contributed by atoms with E-state index in [4.69, 9.17) is 0 Å². The zero-order valence-corrected chi connectivity index (χ0v) is 11.2. The number of likely N-dealkylation sites (N-methyl/N-ethyl adjacent to an activating group) is 1. The summed E-state index contributed by atoms with van der Waals surface area (Å²) in [4.78, 5) is 0. The van der Waals surface area contributed by atoms with E-state index in [9.17, 15) is 0 Å². The summed E-state index contributed by atoms with van der Waals surface area (Å²) in [6, 6.07) is 8.54. The summed E-state index contributed by atoms with van der Waals surface area (Å²) >= 11 is 0. The lowest BCUT2D eigenvalue weighted by Crippen LogP contribution is -2.20. The molecular weight excluding hydrogens is 224 g/mol. The summed E-state index contributed by atoms with van der Waals surface area (Å²) in [5, 5.41) is 11.4. The third-order valence-electron chi connectivity index (χ3n) is 3.18. The lowest BCUT2D eigenvalue weighted by Gasteiger charge is -2.18. The molecule has 1 aromatic heterocycles. The van der Waals surface area contributed by atoms with Crippen LogP contribution in [0.15, 0.2) is 30.5 Å². The average molecular weight is 244 g/mol. The van der Waals surface area contributed by atoms with Crippen molar-refractivity contribution >= 4 is 0 Å². The van der Waals surface area contributed by atoms with Crippen LogP contribution >= 0.6 is 0 Å². The number of nitrogens with zero attached hydrogens (tertiary/aromatic N) is 3. The molecule has 0 saturated heterocycles. The van der Waals surface area contributed by atoms with Gasteiger partial charge < -0.3 is 5.32 Å². The molecule has 1 N–H and O–H groups in total. The van der Waals surface area contributed by atoms with Gasteiger partial charge in [-0.3, -0.25) is 4.68 Å². The van der Waals surface area contributed by atoms with Crippen molar-refractivity contribution in [3.8, 4) is 0 Å². The van der Waals surface area contributed by atoms with Gasteiger partial charge in [0.15, 0.2) is 0 Å². The summed E-state index contributed by atoms with van der Waals surface area (Å²) in [5.41, 5.74) is 3.76. The number of hydrogen-bond donors (Lipinski definition) is 1. The molecule has 1 unspecified atom stereocenters. The number of benzene rings is 1. The Morgan fingerprint density at radius 3 is 2.72 bits per heavy atom. The maximum Gasteiger partial charge on any atom is 0.0833 e. The highest BCUT2D eigenvalue weighted by Gasteiger charge is 2.15. The predicted molar refractivity (Wildman–Crippen MR) is 72.6 cm³/mol. The van der Waals surface area contributed by atoms with Crippen LogP contribution < -0.4 is 5.32 Å². The zero-order chi connectivity index (χ0) is 13.0. The minimum Gasteiger partial charge on any atom is -0.319 e. The van der Waals surface area contributed by atoms with E-state index < -0.39 is 0 Å². The first-order valence-corrected chi connectivity index (χ1v) is 6.26. The first-order valence-electron chi connectivity index (χ1n) is 6.26. The number of hydrogen-bond acceptors (Lipinski definition) is 3. The monoisotopic (exact) mass is 244 g/mol. The van der Waals surface area contributed by atoms with E-state index in [2.05, 4.69) is 46.8 Å². The van der Waals surface area contributed by atoms with Crippen LogP contribution in [0, 0.1) is 6.92 Å². The van der Waals surface area contributed by atoms with Gasteiger partial charge in [-0.2, -0.15) is 0 Å². The second-order valence-electron chi connectivity index (χ2n) is 4.70. The summed E-state index contributed by atoms with van der Waals surface area (Å²) in [5.74, 6) is 0.438. The highest BCUT2D eigenvalue weighted by molar-refractivity contribution is 5.30. The van der Waals surface area contributed by atoms with Crippen molar-refractivity contribution in [3.05, 3.63) is 47.3 Å². The molecule has 0 aliphatic heterocycles. The molecule has 4 nitrogen and oxygen atoms in total. The Morgan fingerprint density at radius 2 is 2.11 bits per heavy atom. The largest absolute Gasteiger partial charge is 0.319 e. The molecule has 1 aromatic carbocycles. The van der Waals surface area contributed by atoms with Crippen molar-refractivity contribution in [2.45, 2.75) is 19.3 Å². The van der Waals surface area contributed by atoms with Crippen molar-refractivity contribution in [2.75, 3.05) is 13.6 Å². The maximum absolute atomic E-state index is 4.18. The van der Waals surface area contributed by atoms with Crippen LogP contribution in [-0.4, -0.2) is 28.6 Å². The standard InChI is InChI=1S/C14H20N4/c1-11-6-4-5-7-14(11)12(9-15-2)8-13-10-18(3)17-16-13/h4-7,10,12,15H,8-9H2,1-3H3. The van der Waals surface area contributed by atoms with Gasteiger partial charge in [0.2, 0.25) is 0 Å². The molecule has 1 heterocycles. The molecule has 18 heavy (non-hydrogen) atoms.